The van der Waals surface area contributed by atoms with Crippen molar-refractivity contribution in [2.75, 3.05) is 41.6 Å². The molecule has 4 atom stereocenters. The van der Waals surface area contributed by atoms with Gasteiger partial charge >= 0.3 is 0 Å². The van der Waals surface area contributed by atoms with E-state index in [-0.39, 0.29) is 24.4 Å². The molecule has 90 valence electrons. The number of piperidine rings is 1. The number of methoxy groups -OCH3 is 4. The quantitative estimate of drug-likeness (QED) is 0.685. The molecule has 1 aliphatic rings. The maximum atomic E-state index is 5.44. The second-order valence-electron chi connectivity index (χ2n) is 3.64. The van der Waals surface area contributed by atoms with Crippen molar-refractivity contribution in [3.05, 3.63) is 0 Å². The van der Waals surface area contributed by atoms with Crippen molar-refractivity contribution < 1.29 is 18.9 Å². The molecule has 1 saturated heterocycles. The fourth-order valence-electron chi connectivity index (χ4n) is 2.08. The number of nitrogens with one attached hydrogen (secondary N) is 1. The molecular formula is C10H21NO4. The normalized spacial score (nSPS) is 36.8. The van der Waals surface area contributed by atoms with Crippen LogP contribution in [0.3, 0.4) is 0 Å². The van der Waals surface area contributed by atoms with Gasteiger partial charge < -0.3 is 24.3 Å². The maximum absolute atomic E-state index is 5.44. The number of hydrogen-bond acceptors (Lipinski definition) is 5. The van der Waals surface area contributed by atoms with E-state index < -0.39 is 0 Å². The van der Waals surface area contributed by atoms with Gasteiger partial charge in [0, 0.05) is 35.0 Å². The van der Waals surface area contributed by atoms with Crippen LogP contribution < -0.4 is 5.32 Å². The van der Waals surface area contributed by atoms with Gasteiger partial charge in [-0.25, -0.2) is 0 Å². The highest BCUT2D eigenvalue weighted by Gasteiger charge is 2.39. The van der Waals surface area contributed by atoms with Gasteiger partial charge in [0.25, 0.3) is 0 Å². The molecule has 1 heterocycles. The van der Waals surface area contributed by atoms with E-state index in [1.54, 1.807) is 28.4 Å². The summed E-state index contributed by atoms with van der Waals surface area (Å²) in [5, 5.41) is 3.33. The van der Waals surface area contributed by atoms with Gasteiger partial charge in [0.15, 0.2) is 0 Å². The summed E-state index contributed by atoms with van der Waals surface area (Å²) in [5.41, 5.74) is 0. The molecule has 0 aromatic carbocycles. The molecule has 15 heavy (non-hydrogen) atoms. The predicted molar refractivity (Wildman–Crippen MR) is 56.1 cm³/mol. The molecule has 5 heteroatoms. The summed E-state index contributed by atoms with van der Waals surface area (Å²) in [6, 6.07) is 0.149. The van der Waals surface area contributed by atoms with Crippen molar-refractivity contribution in [2.45, 2.75) is 24.4 Å². The smallest absolute Gasteiger partial charge is 0.112 e. The average Bonchev–Trinajstić information content (AvgIpc) is 2.28. The second-order valence-corrected chi connectivity index (χ2v) is 3.64. The molecule has 0 aromatic heterocycles. The molecule has 0 radical (unpaired) electrons. The van der Waals surface area contributed by atoms with Crippen molar-refractivity contribution in [1.82, 2.24) is 5.32 Å². The summed E-state index contributed by atoms with van der Waals surface area (Å²) in [7, 11) is 6.72. The van der Waals surface area contributed by atoms with Crippen LogP contribution in [0.25, 0.3) is 0 Å². The van der Waals surface area contributed by atoms with Crippen LogP contribution in [0.5, 0.6) is 0 Å². The molecule has 1 fully saturated rings. The summed E-state index contributed by atoms with van der Waals surface area (Å²) < 4.78 is 21.4. The lowest BCUT2D eigenvalue weighted by molar-refractivity contribution is -0.141. The Morgan fingerprint density at radius 2 is 1.67 bits per heavy atom. The highest BCUT2D eigenvalue weighted by molar-refractivity contribution is 4.94. The first-order valence-electron chi connectivity index (χ1n) is 5.09. The van der Waals surface area contributed by atoms with E-state index in [4.69, 9.17) is 18.9 Å². The van der Waals surface area contributed by atoms with Gasteiger partial charge in [0.1, 0.15) is 12.2 Å². The summed E-state index contributed by atoms with van der Waals surface area (Å²) in [5.74, 6) is 0. The minimum absolute atomic E-state index is 0.0213. The Morgan fingerprint density at radius 3 is 2.13 bits per heavy atom. The van der Waals surface area contributed by atoms with Gasteiger partial charge in [-0.05, 0) is 0 Å². The molecule has 0 aliphatic carbocycles. The minimum atomic E-state index is -0.0543. The van der Waals surface area contributed by atoms with Crippen LogP contribution in [0, 0.1) is 0 Å². The second kappa shape index (κ2) is 6.40. The third-order valence-electron chi connectivity index (χ3n) is 2.86. The SMILES string of the molecule is COC[C@H]1NC[C@H](OC)[C@@H](OC)[C@@H]1OC. The van der Waals surface area contributed by atoms with Gasteiger partial charge in [0.2, 0.25) is 0 Å². The van der Waals surface area contributed by atoms with Gasteiger partial charge in [-0.3, -0.25) is 0 Å². The number of ether oxygens (including phenoxy) is 4. The first-order chi connectivity index (χ1) is 7.28. The Hall–Kier alpha value is -0.200. The lowest BCUT2D eigenvalue weighted by Gasteiger charge is -2.41. The molecule has 0 aromatic rings. The summed E-state index contributed by atoms with van der Waals surface area (Å²) in [6.07, 6.45) is -0.0805. The van der Waals surface area contributed by atoms with E-state index in [1.165, 1.54) is 0 Å². The van der Waals surface area contributed by atoms with E-state index in [1.807, 2.05) is 0 Å². The van der Waals surface area contributed by atoms with Crippen molar-refractivity contribution in [2.24, 2.45) is 0 Å². The van der Waals surface area contributed by atoms with Crippen LogP contribution in [-0.4, -0.2) is 65.9 Å². The first-order valence-corrected chi connectivity index (χ1v) is 5.09. The third kappa shape index (κ3) is 2.89. The fourth-order valence-corrected chi connectivity index (χ4v) is 2.08. The Balaban J connectivity index is 2.65. The molecule has 0 amide bonds. The summed E-state index contributed by atoms with van der Waals surface area (Å²) >= 11 is 0. The standard InChI is InChI=1S/C10H21NO4/c1-12-6-7-9(14-3)10(15-4)8(13-2)5-11-7/h7-11H,5-6H2,1-4H3/t7-,8+,9-,10-/m1/s1. The number of rotatable bonds is 5. The Labute approximate surface area is 91.0 Å². The summed E-state index contributed by atoms with van der Waals surface area (Å²) in [6.45, 7) is 1.36. The van der Waals surface area contributed by atoms with Crippen LogP contribution in [0.1, 0.15) is 0 Å². The monoisotopic (exact) mass is 219 g/mol. The third-order valence-corrected chi connectivity index (χ3v) is 2.86. The van der Waals surface area contributed by atoms with Gasteiger partial charge in [-0.1, -0.05) is 0 Å². The predicted octanol–water partition coefficient (Wildman–Crippen LogP) is -0.350. The molecule has 1 N–H and O–H groups in total. The molecule has 0 spiro atoms. The molecule has 0 unspecified atom stereocenters. The Bertz CT molecular complexity index is 179. The van der Waals surface area contributed by atoms with Crippen molar-refractivity contribution in [1.29, 1.82) is 0 Å². The maximum Gasteiger partial charge on any atom is 0.112 e. The largest absolute Gasteiger partial charge is 0.383 e. The lowest BCUT2D eigenvalue weighted by Crippen LogP contribution is -2.62. The molecule has 1 aliphatic heterocycles. The highest BCUT2D eigenvalue weighted by Crippen LogP contribution is 2.18. The molecular weight excluding hydrogens is 198 g/mol. The van der Waals surface area contributed by atoms with E-state index in [0.717, 1.165) is 6.54 Å². The lowest BCUT2D eigenvalue weighted by atomic mass is 9.96. The fraction of sp³-hybridized carbons (Fsp3) is 1.00. The topological polar surface area (TPSA) is 49.0 Å². The minimum Gasteiger partial charge on any atom is -0.383 e. The van der Waals surface area contributed by atoms with Gasteiger partial charge in [-0.15, -0.1) is 0 Å². The first kappa shape index (κ1) is 12.9. The van der Waals surface area contributed by atoms with Crippen LogP contribution in [0.4, 0.5) is 0 Å². The van der Waals surface area contributed by atoms with Gasteiger partial charge in [-0.2, -0.15) is 0 Å². The van der Waals surface area contributed by atoms with E-state index in [0.29, 0.717) is 6.61 Å². The van der Waals surface area contributed by atoms with E-state index in [9.17, 15) is 0 Å². The Kier molecular flexibility index (Phi) is 5.49. The van der Waals surface area contributed by atoms with E-state index in [2.05, 4.69) is 5.32 Å². The highest BCUT2D eigenvalue weighted by atomic mass is 16.6. The van der Waals surface area contributed by atoms with Crippen molar-refractivity contribution >= 4 is 0 Å². The van der Waals surface area contributed by atoms with Crippen LogP contribution in [0.15, 0.2) is 0 Å². The zero-order chi connectivity index (χ0) is 11.3. The molecule has 0 bridgehead atoms. The summed E-state index contributed by atoms with van der Waals surface area (Å²) in [4.78, 5) is 0. The molecule has 1 rings (SSSR count). The van der Waals surface area contributed by atoms with Crippen LogP contribution in [0.2, 0.25) is 0 Å². The molecule has 0 saturated carbocycles. The van der Waals surface area contributed by atoms with Crippen LogP contribution >= 0.6 is 0 Å². The van der Waals surface area contributed by atoms with Gasteiger partial charge in [0.05, 0.1) is 18.8 Å². The Morgan fingerprint density at radius 1 is 1.00 bits per heavy atom. The van der Waals surface area contributed by atoms with Crippen molar-refractivity contribution in [3.8, 4) is 0 Å². The number of hydrogen-bond donors (Lipinski definition) is 1. The molecule has 5 nitrogen and oxygen atoms in total. The van der Waals surface area contributed by atoms with Crippen LogP contribution in [-0.2, 0) is 18.9 Å². The zero-order valence-electron chi connectivity index (χ0n) is 9.86. The van der Waals surface area contributed by atoms with Crippen molar-refractivity contribution in [3.63, 3.8) is 0 Å². The average molecular weight is 219 g/mol. The zero-order valence-corrected chi connectivity index (χ0v) is 9.86. The van der Waals surface area contributed by atoms with E-state index >= 15 is 0 Å².